The maximum Gasteiger partial charge on any atom is 0.243 e. The second-order valence-corrected chi connectivity index (χ2v) is 11.9. The van der Waals surface area contributed by atoms with Crippen molar-refractivity contribution in [1.29, 1.82) is 0 Å². The van der Waals surface area contributed by atoms with E-state index < -0.39 is 10.0 Å². The number of amides is 1. The molecule has 0 saturated carbocycles. The molecule has 0 spiro atoms. The van der Waals surface area contributed by atoms with Gasteiger partial charge in [-0.15, -0.1) is 0 Å². The Labute approximate surface area is 202 Å². The number of anilines is 1. The predicted octanol–water partition coefficient (Wildman–Crippen LogP) is 3.49. The molecule has 0 aliphatic carbocycles. The lowest BCUT2D eigenvalue weighted by Crippen LogP contribution is -2.53. The minimum atomic E-state index is -3.62. The van der Waals surface area contributed by atoms with Gasteiger partial charge in [-0.3, -0.25) is 4.79 Å². The number of piperazine rings is 1. The van der Waals surface area contributed by atoms with E-state index in [1.165, 1.54) is 27.8 Å². The van der Waals surface area contributed by atoms with Gasteiger partial charge in [0.1, 0.15) is 5.82 Å². The van der Waals surface area contributed by atoms with Gasteiger partial charge in [0.2, 0.25) is 15.9 Å². The maximum atomic E-state index is 13.5. The molecule has 1 amide bonds. The molecule has 0 N–H and O–H groups in total. The highest BCUT2D eigenvalue weighted by Gasteiger charge is 2.36. The van der Waals surface area contributed by atoms with E-state index in [-0.39, 0.29) is 29.1 Å². The van der Waals surface area contributed by atoms with E-state index in [1.807, 2.05) is 11.8 Å². The summed E-state index contributed by atoms with van der Waals surface area (Å²) in [6, 6.07) is 11.4. The summed E-state index contributed by atoms with van der Waals surface area (Å²) in [6.45, 7) is 4.99. The van der Waals surface area contributed by atoms with Crippen LogP contribution in [0, 0.1) is 18.7 Å². The standard InChI is InChI=1S/C24H27FN4O3S2/c1-17-4-7-20(8-5-17)34(31,32)29-10-2-3-18(16-29)23(30)27-11-13-28(14-12-27)24-26-21-9-6-19(25)15-22(21)33-24/h4-9,15,18H,2-3,10-14,16H2,1H3. The van der Waals surface area contributed by atoms with E-state index >= 15 is 0 Å². The first-order valence-corrected chi connectivity index (χ1v) is 13.7. The van der Waals surface area contributed by atoms with Gasteiger partial charge in [0.25, 0.3) is 0 Å². The van der Waals surface area contributed by atoms with Crippen LogP contribution in [0.5, 0.6) is 0 Å². The molecule has 0 radical (unpaired) electrons. The predicted molar refractivity (Wildman–Crippen MR) is 131 cm³/mol. The van der Waals surface area contributed by atoms with Gasteiger partial charge in [-0.25, -0.2) is 17.8 Å². The fraction of sp³-hybridized carbons (Fsp3) is 0.417. The van der Waals surface area contributed by atoms with Crippen molar-refractivity contribution in [3.8, 4) is 0 Å². The Bertz CT molecular complexity index is 1300. The second-order valence-electron chi connectivity index (χ2n) is 8.94. The minimum Gasteiger partial charge on any atom is -0.345 e. The number of aromatic nitrogens is 1. The van der Waals surface area contributed by atoms with Gasteiger partial charge >= 0.3 is 0 Å². The van der Waals surface area contributed by atoms with Gasteiger partial charge in [0.15, 0.2) is 5.13 Å². The molecule has 3 heterocycles. The summed E-state index contributed by atoms with van der Waals surface area (Å²) >= 11 is 1.46. The first-order valence-electron chi connectivity index (χ1n) is 11.5. The summed E-state index contributed by atoms with van der Waals surface area (Å²) in [4.78, 5) is 22.1. The monoisotopic (exact) mass is 502 g/mol. The molecule has 2 saturated heterocycles. The Morgan fingerprint density at radius 3 is 2.53 bits per heavy atom. The Kier molecular flexibility index (Phi) is 6.30. The van der Waals surface area contributed by atoms with Crippen LogP contribution in [-0.2, 0) is 14.8 Å². The normalized spacial score (nSPS) is 20.1. The molecule has 2 aromatic carbocycles. The summed E-state index contributed by atoms with van der Waals surface area (Å²) < 4.78 is 42.0. The van der Waals surface area contributed by atoms with Gasteiger partial charge in [-0.2, -0.15) is 4.31 Å². The molecule has 7 nitrogen and oxygen atoms in total. The van der Waals surface area contributed by atoms with Gasteiger partial charge in [0.05, 0.1) is 21.0 Å². The van der Waals surface area contributed by atoms with Crippen molar-refractivity contribution < 1.29 is 17.6 Å². The molecular weight excluding hydrogens is 475 g/mol. The first kappa shape index (κ1) is 23.2. The molecule has 2 fully saturated rings. The molecule has 10 heteroatoms. The molecule has 180 valence electrons. The smallest absolute Gasteiger partial charge is 0.243 e. The number of carbonyl (C=O) groups excluding carboxylic acids is 1. The zero-order valence-electron chi connectivity index (χ0n) is 19.0. The third-order valence-corrected chi connectivity index (χ3v) is 9.55. The van der Waals surface area contributed by atoms with Crippen molar-refractivity contribution in [2.45, 2.75) is 24.7 Å². The number of halogens is 1. The number of fused-ring (bicyclic) bond motifs is 1. The van der Waals surface area contributed by atoms with E-state index in [4.69, 9.17) is 0 Å². The highest BCUT2D eigenvalue weighted by atomic mass is 32.2. The summed E-state index contributed by atoms with van der Waals surface area (Å²) in [7, 11) is -3.62. The zero-order chi connectivity index (χ0) is 23.9. The highest BCUT2D eigenvalue weighted by Crippen LogP contribution is 2.31. The second kappa shape index (κ2) is 9.24. The molecule has 3 aromatic rings. The maximum absolute atomic E-state index is 13.5. The fourth-order valence-electron chi connectivity index (χ4n) is 4.62. The highest BCUT2D eigenvalue weighted by molar-refractivity contribution is 7.89. The quantitative estimate of drug-likeness (QED) is 0.546. The van der Waals surface area contributed by atoms with E-state index in [9.17, 15) is 17.6 Å². The van der Waals surface area contributed by atoms with E-state index in [0.29, 0.717) is 45.6 Å². The lowest BCUT2D eigenvalue weighted by molar-refractivity contribution is -0.137. The topological polar surface area (TPSA) is 73.8 Å². The van der Waals surface area contributed by atoms with Crippen LogP contribution in [0.4, 0.5) is 9.52 Å². The lowest BCUT2D eigenvalue weighted by Gasteiger charge is -2.38. The SMILES string of the molecule is Cc1ccc(S(=O)(=O)N2CCCC(C(=O)N3CCN(c4nc5ccc(F)cc5s4)CC3)C2)cc1. The number of piperidine rings is 1. The van der Waals surface area contributed by atoms with Crippen LogP contribution in [0.25, 0.3) is 10.2 Å². The number of carbonyl (C=O) groups is 1. The van der Waals surface area contributed by atoms with Crippen molar-refractivity contribution in [3.05, 3.63) is 53.8 Å². The number of rotatable bonds is 4. The fourth-order valence-corrected chi connectivity index (χ4v) is 7.19. The van der Waals surface area contributed by atoms with Crippen molar-refractivity contribution in [3.63, 3.8) is 0 Å². The number of nitrogens with zero attached hydrogens (tertiary/aromatic N) is 4. The average molecular weight is 503 g/mol. The van der Waals surface area contributed by atoms with Crippen LogP contribution < -0.4 is 4.90 Å². The van der Waals surface area contributed by atoms with Crippen molar-refractivity contribution >= 4 is 42.6 Å². The third-order valence-electron chi connectivity index (χ3n) is 6.59. The van der Waals surface area contributed by atoms with Crippen LogP contribution in [0.1, 0.15) is 18.4 Å². The van der Waals surface area contributed by atoms with Gasteiger partial charge in [-0.05, 0) is 50.1 Å². The summed E-state index contributed by atoms with van der Waals surface area (Å²) in [5.74, 6) is -0.579. The van der Waals surface area contributed by atoms with Gasteiger partial charge < -0.3 is 9.80 Å². The van der Waals surface area contributed by atoms with E-state index in [1.54, 1.807) is 30.3 Å². The van der Waals surface area contributed by atoms with Crippen LogP contribution in [-0.4, -0.2) is 67.8 Å². The Morgan fingerprint density at radius 2 is 1.79 bits per heavy atom. The van der Waals surface area contributed by atoms with Crippen LogP contribution >= 0.6 is 11.3 Å². The molecule has 2 aliphatic rings. The Hall–Kier alpha value is -2.56. The van der Waals surface area contributed by atoms with E-state index in [2.05, 4.69) is 9.88 Å². The summed E-state index contributed by atoms with van der Waals surface area (Å²) in [5.41, 5.74) is 1.78. The number of hydrogen-bond donors (Lipinski definition) is 0. The molecule has 1 aromatic heterocycles. The summed E-state index contributed by atoms with van der Waals surface area (Å²) in [6.07, 6.45) is 1.37. The number of thiazole rings is 1. The van der Waals surface area contributed by atoms with Crippen LogP contribution in [0.2, 0.25) is 0 Å². The number of aryl methyl sites for hydroxylation is 1. The van der Waals surface area contributed by atoms with Crippen LogP contribution in [0.15, 0.2) is 47.4 Å². The summed E-state index contributed by atoms with van der Waals surface area (Å²) in [5, 5.41) is 0.834. The molecule has 34 heavy (non-hydrogen) atoms. The molecule has 1 atom stereocenters. The van der Waals surface area contributed by atoms with E-state index in [0.717, 1.165) is 20.9 Å². The molecule has 1 unspecified atom stereocenters. The first-order chi connectivity index (χ1) is 16.3. The van der Waals surface area contributed by atoms with Crippen molar-refractivity contribution in [1.82, 2.24) is 14.2 Å². The Balaban J connectivity index is 1.22. The van der Waals surface area contributed by atoms with Gasteiger partial charge in [0, 0.05) is 39.3 Å². The number of hydrogen-bond acceptors (Lipinski definition) is 6. The largest absolute Gasteiger partial charge is 0.345 e. The van der Waals surface area contributed by atoms with Crippen molar-refractivity contribution in [2.24, 2.45) is 5.92 Å². The average Bonchev–Trinajstić information content (AvgIpc) is 3.27. The Morgan fingerprint density at radius 1 is 1.06 bits per heavy atom. The molecule has 5 rings (SSSR count). The molecular formula is C24H27FN4O3S2. The van der Waals surface area contributed by atoms with Crippen molar-refractivity contribution in [2.75, 3.05) is 44.2 Å². The van der Waals surface area contributed by atoms with Gasteiger partial charge in [-0.1, -0.05) is 29.0 Å². The molecule has 2 aliphatic heterocycles. The number of sulfonamides is 1. The molecule has 0 bridgehead atoms. The third kappa shape index (κ3) is 4.54. The number of benzene rings is 2. The van der Waals surface area contributed by atoms with Crippen LogP contribution in [0.3, 0.4) is 0 Å². The lowest BCUT2D eigenvalue weighted by atomic mass is 9.98. The minimum absolute atomic E-state index is 0.0230. The zero-order valence-corrected chi connectivity index (χ0v) is 20.6.